The molecular weight excluding hydrogens is 339 g/mol. The minimum Gasteiger partial charge on any atom is -0.402 e. The molecule has 6 nitrogen and oxygen atoms in total. The Morgan fingerprint density at radius 2 is 1.81 bits per heavy atom. The predicted octanol–water partition coefficient (Wildman–Crippen LogP) is 2.99. The van der Waals surface area contributed by atoms with Crippen LogP contribution in [0.15, 0.2) is 22.7 Å². The quantitative estimate of drug-likeness (QED) is 0.511. The minimum atomic E-state index is -0.643. The Morgan fingerprint density at radius 3 is 2.29 bits per heavy atom. The molecule has 2 N–H and O–H groups in total. The molecule has 0 amide bonds. The molecule has 8 heteroatoms. The number of nitro benzene ring substituents is 1. The van der Waals surface area contributed by atoms with E-state index in [-0.39, 0.29) is 5.69 Å². The van der Waals surface area contributed by atoms with Gasteiger partial charge in [-0.05, 0) is 55.3 Å². The molecule has 1 atom stereocenters. The van der Waals surface area contributed by atoms with Crippen LogP contribution in [0.5, 0.6) is 0 Å². The summed E-state index contributed by atoms with van der Waals surface area (Å²) in [5.41, 5.74) is 5.77. The number of halogens is 1. The highest BCUT2D eigenvalue weighted by atomic mass is 79.9. The molecule has 0 unspecified atom stereocenters. The third-order valence-corrected chi connectivity index (χ3v) is 4.79. The maximum Gasteiger partial charge on any atom is 0.480 e. The van der Waals surface area contributed by atoms with E-state index in [4.69, 9.17) is 15.0 Å². The fraction of sp³-hybridized carbons (Fsp3) is 0.538. The van der Waals surface area contributed by atoms with Crippen molar-refractivity contribution >= 4 is 28.7 Å². The average Bonchev–Trinajstić information content (AvgIpc) is 2.58. The van der Waals surface area contributed by atoms with Gasteiger partial charge in [0.05, 0.1) is 26.5 Å². The van der Waals surface area contributed by atoms with E-state index >= 15 is 0 Å². The molecule has 1 aromatic carbocycles. The lowest BCUT2D eigenvalue weighted by atomic mass is 9.75. The lowest BCUT2D eigenvalue weighted by Gasteiger charge is -2.32. The molecule has 21 heavy (non-hydrogen) atoms. The molecule has 1 aliphatic rings. The SMILES string of the molecule is CC1(C)OB([C@@H](N)c2ccc(Br)c([N+](=O)[O-])c2)OC1(C)C. The van der Waals surface area contributed by atoms with E-state index < -0.39 is 29.2 Å². The van der Waals surface area contributed by atoms with E-state index in [0.29, 0.717) is 10.0 Å². The second-order valence-corrected chi connectivity index (χ2v) is 6.97. The van der Waals surface area contributed by atoms with Crippen LogP contribution in [-0.2, 0) is 9.31 Å². The molecule has 0 bridgehead atoms. The molecule has 1 fully saturated rings. The van der Waals surface area contributed by atoms with Gasteiger partial charge in [-0.25, -0.2) is 0 Å². The molecule has 0 aliphatic carbocycles. The van der Waals surface area contributed by atoms with E-state index in [1.165, 1.54) is 6.07 Å². The highest BCUT2D eigenvalue weighted by molar-refractivity contribution is 9.10. The Bertz CT molecular complexity index is 563. The first-order chi connectivity index (χ1) is 9.55. The van der Waals surface area contributed by atoms with Gasteiger partial charge in [0.25, 0.3) is 5.69 Å². The summed E-state index contributed by atoms with van der Waals surface area (Å²) >= 11 is 3.15. The molecule has 2 rings (SSSR count). The number of hydrogen-bond acceptors (Lipinski definition) is 5. The van der Waals surface area contributed by atoms with Crippen LogP contribution in [-0.4, -0.2) is 23.2 Å². The van der Waals surface area contributed by atoms with Crippen LogP contribution in [0.1, 0.15) is 39.2 Å². The second-order valence-electron chi connectivity index (χ2n) is 6.12. The number of nitrogens with zero attached hydrogens (tertiary/aromatic N) is 1. The van der Waals surface area contributed by atoms with Gasteiger partial charge in [-0.3, -0.25) is 10.1 Å². The van der Waals surface area contributed by atoms with E-state index in [1.807, 2.05) is 27.7 Å². The first-order valence-corrected chi connectivity index (χ1v) is 7.39. The van der Waals surface area contributed by atoms with Crippen molar-refractivity contribution in [3.63, 3.8) is 0 Å². The zero-order valence-corrected chi connectivity index (χ0v) is 14.0. The molecule has 1 aromatic rings. The Hall–Kier alpha value is -0.955. The van der Waals surface area contributed by atoms with Crippen molar-refractivity contribution in [3.8, 4) is 0 Å². The van der Waals surface area contributed by atoms with Gasteiger partial charge in [-0.15, -0.1) is 0 Å². The average molecular weight is 357 g/mol. The van der Waals surface area contributed by atoms with Crippen molar-refractivity contribution in [2.24, 2.45) is 5.73 Å². The zero-order chi connectivity index (χ0) is 16.0. The molecule has 1 heterocycles. The van der Waals surface area contributed by atoms with Crippen molar-refractivity contribution in [2.45, 2.75) is 44.8 Å². The van der Waals surface area contributed by atoms with Gasteiger partial charge >= 0.3 is 7.12 Å². The van der Waals surface area contributed by atoms with Crippen molar-refractivity contribution in [1.82, 2.24) is 0 Å². The number of rotatable bonds is 3. The number of nitrogens with two attached hydrogens (primary N) is 1. The normalized spacial score (nSPS) is 21.3. The third kappa shape index (κ3) is 2.99. The van der Waals surface area contributed by atoms with Crippen LogP contribution >= 0.6 is 15.9 Å². The van der Waals surface area contributed by atoms with Crippen LogP contribution in [0.4, 0.5) is 5.69 Å². The maximum absolute atomic E-state index is 11.0. The van der Waals surface area contributed by atoms with Crippen molar-refractivity contribution in [3.05, 3.63) is 38.3 Å². The molecule has 114 valence electrons. The summed E-state index contributed by atoms with van der Waals surface area (Å²) in [7, 11) is -0.643. The van der Waals surface area contributed by atoms with Crippen molar-refractivity contribution in [2.75, 3.05) is 0 Å². The summed E-state index contributed by atoms with van der Waals surface area (Å²) in [6.45, 7) is 7.74. The summed E-state index contributed by atoms with van der Waals surface area (Å²) in [5.74, 6) is -0.599. The molecule has 0 radical (unpaired) electrons. The van der Waals surface area contributed by atoms with Gasteiger partial charge in [0.15, 0.2) is 0 Å². The van der Waals surface area contributed by atoms with Gasteiger partial charge in [-0.1, -0.05) is 6.07 Å². The largest absolute Gasteiger partial charge is 0.480 e. The molecule has 1 aliphatic heterocycles. The minimum absolute atomic E-state index is 0.0283. The highest BCUT2D eigenvalue weighted by Gasteiger charge is 2.53. The molecular formula is C13H18BBrN2O4. The van der Waals surface area contributed by atoms with Crippen LogP contribution in [0.2, 0.25) is 0 Å². The standard InChI is InChI=1S/C13H18BBrN2O4/c1-12(2)13(3,4)21-14(20-12)11(16)8-5-6-9(15)10(7-8)17(18)19/h5-7,11H,16H2,1-4H3/t11-/m0/s1. The van der Waals surface area contributed by atoms with Gasteiger partial charge in [0, 0.05) is 6.07 Å². The van der Waals surface area contributed by atoms with E-state index in [0.717, 1.165) is 0 Å². The Kier molecular flexibility index (Phi) is 4.18. The first kappa shape index (κ1) is 16.4. The lowest BCUT2D eigenvalue weighted by Crippen LogP contribution is -2.41. The van der Waals surface area contributed by atoms with Gasteiger partial charge < -0.3 is 15.0 Å². The number of hydrogen-bond donors (Lipinski definition) is 1. The smallest absolute Gasteiger partial charge is 0.402 e. The fourth-order valence-electron chi connectivity index (χ4n) is 2.07. The maximum atomic E-state index is 11.0. The fourth-order valence-corrected chi connectivity index (χ4v) is 2.46. The predicted molar refractivity (Wildman–Crippen MR) is 83.8 cm³/mol. The van der Waals surface area contributed by atoms with Crippen LogP contribution in [0.25, 0.3) is 0 Å². The van der Waals surface area contributed by atoms with E-state index in [1.54, 1.807) is 12.1 Å². The van der Waals surface area contributed by atoms with Crippen LogP contribution in [0.3, 0.4) is 0 Å². The zero-order valence-electron chi connectivity index (χ0n) is 12.4. The third-order valence-electron chi connectivity index (χ3n) is 4.12. The summed E-state index contributed by atoms with van der Waals surface area (Å²) in [6.07, 6.45) is 0. The summed E-state index contributed by atoms with van der Waals surface area (Å²) in [6, 6.07) is 4.78. The first-order valence-electron chi connectivity index (χ1n) is 6.60. The van der Waals surface area contributed by atoms with Gasteiger partial charge in [0.2, 0.25) is 0 Å². The topological polar surface area (TPSA) is 87.6 Å². The van der Waals surface area contributed by atoms with E-state index in [2.05, 4.69) is 15.9 Å². The number of nitro groups is 1. The Morgan fingerprint density at radius 1 is 1.29 bits per heavy atom. The van der Waals surface area contributed by atoms with Gasteiger partial charge in [0.1, 0.15) is 0 Å². The summed E-state index contributed by atoms with van der Waals surface area (Å²) < 4.78 is 12.2. The van der Waals surface area contributed by atoms with Crippen molar-refractivity contribution < 1.29 is 14.2 Å². The monoisotopic (exact) mass is 356 g/mol. The Balaban J connectivity index is 2.28. The summed E-state index contributed by atoms with van der Waals surface area (Å²) in [5, 5.41) is 11.0. The van der Waals surface area contributed by atoms with E-state index in [9.17, 15) is 10.1 Å². The van der Waals surface area contributed by atoms with Crippen LogP contribution in [0, 0.1) is 10.1 Å². The molecule has 0 spiro atoms. The second kappa shape index (κ2) is 5.35. The number of benzene rings is 1. The van der Waals surface area contributed by atoms with Crippen LogP contribution < -0.4 is 5.73 Å². The van der Waals surface area contributed by atoms with Crippen molar-refractivity contribution in [1.29, 1.82) is 0 Å². The van der Waals surface area contributed by atoms with Gasteiger partial charge in [-0.2, -0.15) is 0 Å². The molecule has 1 saturated heterocycles. The molecule has 0 aromatic heterocycles. The summed E-state index contributed by atoms with van der Waals surface area (Å²) in [4.78, 5) is 10.5. The highest BCUT2D eigenvalue weighted by Crippen LogP contribution is 2.40. The Labute approximate surface area is 132 Å². The molecule has 0 saturated carbocycles. The lowest BCUT2D eigenvalue weighted by molar-refractivity contribution is -0.385.